The third-order valence-corrected chi connectivity index (χ3v) is 3.85. The monoisotopic (exact) mass is 316 g/mol. The van der Waals surface area contributed by atoms with Crippen molar-refractivity contribution in [2.24, 2.45) is 0 Å². The standard InChI is InChI=1S/C17H17FN2O3/c18-13-5-3-12(4-6-13)16-8-14(21)10-20(16)17(22)11-23-15-2-1-7-19-9-15/h1-7,9,14,16,21H,8,10-11H2/t14-,16+/m0/s1. The van der Waals surface area contributed by atoms with Crippen LogP contribution in [-0.2, 0) is 4.79 Å². The van der Waals surface area contributed by atoms with E-state index >= 15 is 0 Å². The van der Waals surface area contributed by atoms with Gasteiger partial charge in [-0.15, -0.1) is 0 Å². The number of aliphatic hydroxyl groups excluding tert-OH is 1. The number of aliphatic hydroxyl groups is 1. The minimum absolute atomic E-state index is 0.129. The van der Waals surface area contributed by atoms with E-state index in [1.54, 1.807) is 35.4 Å². The Labute approximate surface area is 133 Å². The number of hydrogen-bond donors (Lipinski definition) is 1. The maximum Gasteiger partial charge on any atom is 0.261 e. The molecule has 0 spiro atoms. The molecule has 2 aromatic rings. The molecule has 1 N–H and O–H groups in total. The van der Waals surface area contributed by atoms with E-state index in [1.807, 2.05) is 0 Å². The number of likely N-dealkylation sites (tertiary alicyclic amines) is 1. The first-order chi connectivity index (χ1) is 11.1. The van der Waals surface area contributed by atoms with Gasteiger partial charge in [0.15, 0.2) is 6.61 Å². The van der Waals surface area contributed by atoms with E-state index in [0.29, 0.717) is 12.2 Å². The highest BCUT2D eigenvalue weighted by Gasteiger charge is 2.35. The van der Waals surface area contributed by atoms with Gasteiger partial charge in [-0.2, -0.15) is 0 Å². The van der Waals surface area contributed by atoms with Crippen molar-refractivity contribution in [3.8, 4) is 5.75 Å². The van der Waals surface area contributed by atoms with Crippen LogP contribution in [0.5, 0.6) is 5.75 Å². The average Bonchev–Trinajstić information content (AvgIpc) is 2.96. The minimum atomic E-state index is -0.590. The van der Waals surface area contributed by atoms with Gasteiger partial charge in [0.05, 0.1) is 18.3 Å². The number of carbonyl (C=O) groups excluding carboxylic acids is 1. The molecular formula is C17H17FN2O3. The van der Waals surface area contributed by atoms with Gasteiger partial charge in [0.25, 0.3) is 5.91 Å². The summed E-state index contributed by atoms with van der Waals surface area (Å²) in [6.45, 7) is 0.118. The first-order valence-corrected chi connectivity index (χ1v) is 7.39. The van der Waals surface area contributed by atoms with E-state index in [4.69, 9.17) is 4.74 Å². The van der Waals surface area contributed by atoms with Crippen molar-refractivity contribution in [3.05, 3.63) is 60.2 Å². The molecule has 120 valence electrons. The lowest BCUT2D eigenvalue weighted by atomic mass is 10.0. The SMILES string of the molecule is O=C(COc1cccnc1)N1C[C@@H](O)C[C@@H]1c1ccc(F)cc1. The fraction of sp³-hybridized carbons (Fsp3) is 0.294. The zero-order chi connectivity index (χ0) is 16.2. The highest BCUT2D eigenvalue weighted by Crippen LogP contribution is 2.32. The van der Waals surface area contributed by atoms with Gasteiger partial charge in [0.1, 0.15) is 11.6 Å². The van der Waals surface area contributed by atoms with Crippen LogP contribution in [0.3, 0.4) is 0 Å². The first-order valence-electron chi connectivity index (χ1n) is 7.39. The van der Waals surface area contributed by atoms with Gasteiger partial charge in [-0.05, 0) is 36.2 Å². The Morgan fingerprint density at radius 2 is 2.13 bits per heavy atom. The summed E-state index contributed by atoms with van der Waals surface area (Å²) in [6.07, 6.45) is 3.00. The number of rotatable bonds is 4. The smallest absolute Gasteiger partial charge is 0.261 e. The van der Waals surface area contributed by atoms with Crippen LogP contribution in [0.25, 0.3) is 0 Å². The summed E-state index contributed by atoms with van der Waals surface area (Å²) >= 11 is 0. The molecule has 0 aliphatic carbocycles. The van der Waals surface area contributed by atoms with Crippen LogP contribution in [0.4, 0.5) is 4.39 Å². The Balaban J connectivity index is 1.69. The second-order valence-electron chi connectivity index (χ2n) is 5.48. The van der Waals surface area contributed by atoms with Crippen LogP contribution in [0.1, 0.15) is 18.0 Å². The third kappa shape index (κ3) is 3.65. The number of carbonyl (C=O) groups is 1. The summed E-state index contributed by atoms with van der Waals surface area (Å²) in [5, 5.41) is 9.90. The second kappa shape index (κ2) is 6.75. The number of nitrogens with zero attached hydrogens (tertiary/aromatic N) is 2. The summed E-state index contributed by atoms with van der Waals surface area (Å²) in [6, 6.07) is 9.16. The maximum absolute atomic E-state index is 13.1. The van der Waals surface area contributed by atoms with Crippen molar-refractivity contribution >= 4 is 5.91 Å². The molecular weight excluding hydrogens is 299 g/mol. The number of benzene rings is 1. The molecule has 0 saturated carbocycles. The molecule has 1 aliphatic heterocycles. The number of amides is 1. The highest BCUT2D eigenvalue weighted by atomic mass is 19.1. The predicted octanol–water partition coefficient (Wildman–Crippen LogP) is 1.93. The van der Waals surface area contributed by atoms with Crippen molar-refractivity contribution in [1.82, 2.24) is 9.88 Å². The lowest BCUT2D eigenvalue weighted by Crippen LogP contribution is -2.35. The van der Waals surface area contributed by atoms with Crippen molar-refractivity contribution < 1.29 is 19.0 Å². The fourth-order valence-corrected chi connectivity index (χ4v) is 2.75. The third-order valence-electron chi connectivity index (χ3n) is 3.85. The number of halogens is 1. The van der Waals surface area contributed by atoms with Crippen molar-refractivity contribution in [3.63, 3.8) is 0 Å². The molecule has 3 rings (SSSR count). The highest BCUT2D eigenvalue weighted by molar-refractivity contribution is 5.78. The topological polar surface area (TPSA) is 62.7 Å². The fourth-order valence-electron chi connectivity index (χ4n) is 2.75. The van der Waals surface area contributed by atoms with Crippen LogP contribution >= 0.6 is 0 Å². The van der Waals surface area contributed by atoms with Gasteiger partial charge < -0.3 is 14.7 Å². The number of aromatic nitrogens is 1. The Morgan fingerprint density at radius 1 is 1.35 bits per heavy atom. The largest absolute Gasteiger partial charge is 0.482 e. The predicted molar refractivity (Wildman–Crippen MR) is 81.2 cm³/mol. The molecule has 23 heavy (non-hydrogen) atoms. The van der Waals surface area contributed by atoms with Gasteiger partial charge in [-0.3, -0.25) is 9.78 Å². The molecule has 0 bridgehead atoms. The maximum atomic E-state index is 13.1. The van der Waals surface area contributed by atoms with E-state index in [2.05, 4.69) is 4.98 Å². The van der Waals surface area contributed by atoms with E-state index < -0.39 is 6.10 Å². The van der Waals surface area contributed by atoms with Gasteiger partial charge in [-0.1, -0.05) is 12.1 Å². The number of β-amino-alcohol motifs (C(OH)–C–C–N with tert-alkyl or cyclic N) is 1. The Morgan fingerprint density at radius 3 is 2.83 bits per heavy atom. The van der Waals surface area contributed by atoms with Crippen LogP contribution < -0.4 is 4.74 Å². The lowest BCUT2D eigenvalue weighted by molar-refractivity contribution is -0.134. The van der Waals surface area contributed by atoms with E-state index in [1.165, 1.54) is 18.3 Å². The summed E-state index contributed by atoms with van der Waals surface area (Å²) in [4.78, 5) is 17.9. The molecule has 1 saturated heterocycles. The molecule has 0 unspecified atom stereocenters. The molecule has 5 nitrogen and oxygen atoms in total. The van der Waals surface area contributed by atoms with E-state index in [9.17, 15) is 14.3 Å². The quantitative estimate of drug-likeness (QED) is 0.936. The van der Waals surface area contributed by atoms with E-state index in [-0.39, 0.29) is 30.9 Å². The molecule has 2 atom stereocenters. The van der Waals surface area contributed by atoms with Crippen LogP contribution in [0, 0.1) is 5.82 Å². The number of hydrogen-bond acceptors (Lipinski definition) is 4. The van der Waals surface area contributed by atoms with Crippen LogP contribution in [0.2, 0.25) is 0 Å². The number of pyridine rings is 1. The summed E-state index contributed by atoms with van der Waals surface area (Å²) in [5.41, 5.74) is 0.803. The van der Waals surface area contributed by atoms with Gasteiger partial charge in [0, 0.05) is 12.7 Å². The van der Waals surface area contributed by atoms with Crippen LogP contribution in [-0.4, -0.2) is 40.2 Å². The summed E-state index contributed by atoms with van der Waals surface area (Å²) in [7, 11) is 0. The van der Waals surface area contributed by atoms with Gasteiger partial charge in [-0.25, -0.2) is 4.39 Å². The summed E-state index contributed by atoms with van der Waals surface area (Å²) in [5.74, 6) is -0.0382. The lowest BCUT2D eigenvalue weighted by Gasteiger charge is -2.24. The molecule has 2 heterocycles. The molecule has 1 fully saturated rings. The van der Waals surface area contributed by atoms with Crippen molar-refractivity contribution in [2.45, 2.75) is 18.6 Å². The van der Waals surface area contributed by atoms with Crippen molar-refractivity contribution in [1.29, 1.82) is 0 Å². The summed E-state index contributed by atoms with van der Waals surface area (Å²) < 4.78 is 18.5. The Kier molecular flexibility index (Phi) is 4.52. The first kappa shape index (κ1) is 15.4. The minimum Gasteiger partial charge on any atom is -0.482 e. The van der Waals surface area contributed by atoms with E-state index in [0.717, 1.165) is 5.56 Å². The molecule has 1 aliphatic rings. The number of ether oxygens (including phenoxy) is 1. The zero-order valence-electron chi connectivity index (χ0n) is 12.4. The molecule has 1 aromatic heterocycles. The van der Waals surface area contributed by atoms with Gasteiger partial charge in [0.2, 0.25) is 0 Å². The normalized spacial score (nSPS) is 20.5. The van der Waals surface area contributed by atoms with Gasteiger partial charge >= 0.3 is 0 Å². The zero-order valence-corrected chi connectivity index (χ0v) is 12.4. The molecule has 1 amide bonds. The van der Waals surface area contributed by atoms with Crippen molar-refractivity contribution in [2.75, 3.05) is 13.2 Å². The average molecular weight is 316 g/mol. The molecule has 6 heteroatoms. The molecule has 1 aromatic carbocycles. The molecule has 0 radical (unpaired) electrons. The second-order valence-corrected chi connectivity index (χ2v) is 5.48. The van der Waals surface area contributed by atoms with Crippen LogP contribution in [0.15, 0.2) is 48.8 Å². The Hall–Kier alpha value is -2.47. The Bertz CT molecular complexity index is 663.